The van der Waals surface area contributed by atoms with Crippen LogP contribution in [0.15, 0.2) is 24.5 Å². The minimum atomic E-state index is -0.435. The van der Waals surface area contributed by atoms with Crippen molar-refractivity contribution in [2.45, 2.75) is 13.8 Å². The van der Waals surface area contributed by atoms with Gasteiger partial charge in [-0.15, -0.1) is 0 Å². The maximum atomic E-state index is 12.3. The zero-order valence-electron chi connectivity index (χ0n) is 10.3. The molecule has 0 bridgehead atoms. The average Bonchev–Trinajstić information content (AvgIpc) is 2.28. The van der Waals surface area contributed by atoms with Crippen LogP contribution in [0.1, 0.15) is 13.8 Å². The third kappa shape index (κ3) is 3.23. The molecule has 4 nitrogen and oxygen atoms in total. The number of amides is 1. The number of thiocarbonyl (C=S) groups is 1. The molecule has 1 aromatic rings. The minimum Gasteiger partial charge on any atom is -0.393 e. The van der Waals surface area contributed by atoms with E-state index >= 15 is 0 Å². The monoisotopic (exact) mass is 251 g/mol. The third-order valence-corrected chi connectivity index (χ3v) is 2.86. The number of carbonyl (C=O) groups is 1. The summed E-state index contributed by atoms with van der Waals surface area (Å²) in [5.74, 6) is -0.449. The van der Waals surface area contributed by atoms with Crippen LogP contribution in [0.3, 0.4) is 0 Å². The van der Waals surface area contributed by atoms with E-state index in [-0.39, 0.29) is 16.8 Å². The van der Waals surface area contributed by atoms with Crippen molar-refractivity contribution in [2.75, 3.05) is 11.9 Å². The van der Waals surface area contributed by atoms with Crippen LogP contribution in [0.4, 0.5) is 5.69 Å². The van der Waals surface area contributed by atoms with Gasteiger partial charge in [0.1, 0.15) is 0 Å². The highest BCUT2D eigenvalue weighted by atomic mass is 32.1. The minimum absolute atomic E-state index is 0.0825. The normalized spacial score (nSPS) is 12.2. The molecule has 0 aliphatic heterocycles. The molecule has 1 heterocycles. The Bertz CT molecular complexity index is 405. The number of carbonyl (C=O) groups excluding carboxylic acids is 1. The lowest BCUT2D eigenvalue weighted by Gasteiger charge is -2.25. The topological polar surface area (TPSA) is 59.2 Å². The van der Waals surface area contributed by atoms with Crippen LogP contribution in [-0.2, 0) is 4.79 Å². The standard InChI is InChI=1S/C12H17N3OS/c1-8(2)10(11(13)17)12(16)15(3)9-5-4-6-14-7-9/h4-8,10H,1-3H3,(H2,13,17). The third-order valence-electron chi connectivity index (χ3n) is 2.60. The molecule has 17 heavy (non-hydrogen) atoms. The Labute approximate surface area is 107 Å². The van der Waals surface area contributed by atoms with Gasteiger partial charge in [0.25, 0.3) is 0 Å². The first-order valence-corrected chi connectivity index (χ1v) is 5.83. The van der Waals surface area contributed by atoms with E-state index in [0.717, 1.165) is 5.69 Å². The zero-order valence-corrected chi connectivity index (χ0v) is 11.1. The van der Waals surface area contributed by atoms with Crippen LogP contribution in [0, 0.1) is 11.8 Å². The van der Waals surface area contributed by atoms with E-state index in [2.05, 4.69) is 4.98 Å². The molecule has 1 aromatic heterocycles. The van der Waals surface area contributed by atoms with Gasteiger partial charge in [0.05, 0.1) is 22.8 Å². The van der Waals surface area contributed by atoms with Crippen molar-refractivity contribution >= 4 is 28.8 Å². The molecule has 1 rings (SSSR count). The molecular formula is C12H17N3OS. The van der Waals surface area contributed by atoms with E-state index in [1.165, 1.54) is 4.90 Å². The Morgan fingerprint density at radius 3 is 2.59 bits per heavy atom. The van der Waals surface area contributed by atoms with Crippen molar-refractivity contribution in [3.8, 4) is 0 Å². The van der Waals surface area contributed by atoms with E-state index in [0.29, 0.717) is 0 Å². The van der Waals surface area contributed by atoms with Gasteiger partial charge in [0.2, 0.25) is 5.91 Å². The number of hydrogen-bond acceptors (Lipinski definition) is 3. The van der Waals surface area contributed by atoms with Gasteiger partial charge >= 0.3 is 0 Å². The quantitative estimate of drug-likeness (QED) is 0.826. The van der Waals surface area contributed by atoms with Crippen LogP contribution >= 0.6 is 12.2 Å². The molecule has 0 saturated carbocycles. The molecular weight excluding hydrogens is 234 g/mol. The molecule has 1 unspecified atom stereocenters. The zero-order chi connectivity index (χ0) is 13.0. The van der Waals surface area contributed by atoms with Crippen molar-refractivity contribution in [1.82, 2.24) is 4.98 Å². The second kappa shape index (κ2) is 5.72. The molecule has 0 saturated heterocycles. The Hall–Kier alpha value is -1.49. The largest absolute Gasteiger partial charge is 0.393 e. The lowest BCUT2D eigenvalue weighted by atomic mass is 9.94. The first-order chi connectivity index (χ1) is 7.95. The Kier molecular flexibility index (Phi) is 4.57. The van der Waals surface area contributed by atoms with Gasteiger partial charge < -0.3 is 10.6 Å². The summed E-state index contributed by atoms with van der Waals surface area (Å²) < 4.78 is 0. The SMILES string of the molecule is CC(C)C(C(=O)N(C)c1cccnc1)C(N)=S. The molecule has 0 aromatic carbocycles. The van der Waals surface area contributed by atoms with Gasteiger partial charge in [0.15, 0.2) is 0 Å². The highest BCUT2D eigenvalue weighted by Crippen LogP contribution is 2.18. The fourth-order valence-electron chi connectivity index (χ4n) is 1.62. The lowest BCUT2D eigenvalue weighted by Crippen LogP contribution is -2.41. The van der Waals surface area contributed by atoms with E-state index in [1.807, 2.05) is 19.9 Å². The summed E-state index contributed by atoms with van der Waals surface area (Å²) in [7, 11) is 1.70. The van der Waals surface area contributed by atoms with Crippen LogP contribution in [0.25, 0.3) is 0 Å². The Balaban J connectivity index is 2.92. The first-order valence-electron chi connectivity index (χ1n) is 5.42. The van der Waals surface area contributed by atoms with Crippen LogP contribution < -0.4 is 10.6 Å². The van der Waals surface area contributed by atoms with E-state index < -0.39 is 5.92 Å². The highest BCUT2D eigenvalue weighted by Gasteiger charge is 2.28. The summed E-state index contributed by atoms with van der Waals surface area (Å²) in [6.45, 7) is 3.86. The molecule has 1 amide bonds. The summed E-state index contributed by atoms with van der Waals surface area (Å²) in [6.07, 6.45) is 3.30. The Morgan fingerprint density at radius 2 is 2.18 bits per heavy atom. The number of aromatic nitrogens is 1. The van der Waals surface area contributed by atoms with Crippen molar-refractivity contribution in [2.24, 2.45) is 17.6 Å². The van der Waals surface area contributed by atoms with Gasteiger partial charge in [-0.1, -0.05) is 26.1 Å². The molecule has 0 aliphatic rings. The number of pyridine rings is 1. The van der Waals surface area contributed by atoms with Crippen LogP contribution in [0.2, 0.25) is 0 Å². The number of hydrogen-bond donors (Lipinski definition) is 1. The molecule has 0 aliphatic carbocycles. The summed E-state index contributed by atoms with van der Waals surface area (Å²) in [4.78, 5) is 18.0. The molecule has 1 atom stereocenters. The van der Waals surface area contributed by atoms with E-state index in [1.54, 1.807) is 25.5 Å². The maximum Gasteiger partial charge on any atom is 0.236 e. The second-order valence-electron chi connectivity index (χ2n) is 4.23. The fraction of sp³-hybridized carbons (Fsp3) is 0.417. The van der Waals surface area contributed by atoms with Crippen LogP contribution in [0.5, 0.6) is 0 Å². The molecule has 5 heteroatoms. The number of rotatable bonds is 4. The summed E-state index contributed by atoms with van der Waals surface area (Å²) >= 11 is 4.95. The molecule has 0 spiro atoms. The number of nitrogens with two attached hydrogens (primary N) is 1. The highest BCUT2D eigenvalue weighted by molar-refractivity contribution is 7.80. The molecule has 0 fully saturated rings. The Morgan fingerprint density at radius 1 is 1.53 bits per heavy atom. The fourth-order valence-corrected chi connectivity index (χ4v) is 2.00. The van der Waals surface area contributed by atoms with E-state index in [9.17, 15) is 4.79 Å². The smallest absolute Gasteiger partial charge is 0.236 e. The van der Waals surface area contributed by atoms with Gasteiger partial charge in [-0.25, -0.2) is 0 Å². The summed E-state index contributed by atoms with van der Waals surface area (Å²) in [6, 6.07) is 3.60. The average molecular weight is 251 g/mol. The molecule has 0 radical (unpaired) electrons. The van der Waals surface area contributed by atoms with Crippen molar-refractivity contribution < 1.29 is 4.79 Å². The summed E-state index contributed by atoms with van der Waals surface area (Å²) in [5, 5.41) is 0. The predicted molar refractivity (Wildman–Crippen MR) is 72.8 cm³/mol. The van der Waals surface area contributed by atoms with Crippen molar-refractivity contribution in [3.05, 3.63) is 24.5 Å². The number of anilines is 1. The lowest BCUT2D eigenvalue weighted by molar-refractivity contribution is -0.121. The summed E-state index contributed by atoms with van der Waals surface area (Å²) in [5.41, 5.74) is 6.36. The number of nitrogens with zero attached hydrogens (tertiary/aromatic N) is 2. The second-order valence-corrected chi connectivity index (χ2v) is 4.70. The van der Waals surface area contributed by atoms with Crippen molar-refractivity contribution in [1.29, 1.82) is 0 Å². The van der Waals surface area contributed by atoms with E-state index in [4.69, 9.17) is 18.0 Å². The van der Waals surface area contributed by atoms with Crippen molar-refractivity contribution in [3.63, 3.8) is 0 Å². The molecule has 2 N–H and O–H groups in total. The predicted octanol–water partition coefficient (Wildman–Crippen LogP) is 1.60. The van der Waals surface area contributed by atoms with Gasteiger partial charge in [0, 0.05) is 13.2 Å². The molecule has 92 valence electrons. The maximum absolute atomic E-state index is 12.3. The van der Waals surface area contributed by atoms with Gasteiger partial charge in [-0.3, -0.25) is 9.78 Å². The first kappa shape index (κ1) is 13.6. The van der Waals surface area contributed by atoms with Gasteiger partial charge in [-0.2, -0.15) is 0 Å². The van der Waals surface area contributed by atoms with Crippen LogP contribution in [-0.4, -0.2) is 22.9 Å². The van der Waals surface area contributed by atoms with Gasteiger partial charge in [-0.05, 0) is 18.1 Å².